The second-order valence-electron chi connectivity index (χ2n) is 12.7. The molecule has 1 atom stereocenters. The first-order valence-electron chi connectivity index (χ1n) is 16.6. The van der Waals surface area contributed by atoms with Crippen LogP contribution in [0.3, 0.4) is 0 Å². The van der Waals surface area contributed by atoms with Crippen LogP contribution in [0.1, 0.15) is 95.9 Å². The molecule has 0 radical (unpaired) electrons. The van der Waals surface area contributed by atoms with Crippen LogP contribution in [0.25, 0.3) is 0 Å². The largest absolute Gasteiger partial charge is 0.444 e. The molecule has 1 aliphatic heterocycles. The molecule has 49 heavy (non-hydrogen) atoms. The van der Waals surface area contributed by atoms with E-state index >= 15 is 0 Å². The van der Waals surface area contributed by atoms with Gasteiger partial charge in [-0.25, -0.2) is 9.59 Å². The van der Waals surface area contributed by atoms with Crippen LogP contribution in [-0.4, -0.2) is 60.0 Å². The molecule has 2 aromatic carbocycles. The van der Waals surface area contributed by atoms with Gasteiger partial charge >= 0.3 is 12.2 Å². The molecule has 1 aliphatic rings. The second kappa shape index (κ2) is 22.6. The predicted molar refractivity (Wildman–Crippen MR) is 195 cm³/mol. The number of likely N-dealkylation sites (tertiary alicyclic amines) is 1. The Bertz CT molecular complexity index is 1370. The number of carbonyl (C=O) groups is 4. The third-order valence-electron chi connectivity index (χ3n) is 6.98. The Hall–Kier alpha value is -4.93. The van der Waals surface area contributed by atoms with Crippen LogP contribution in [0.2, 0.25) is 0 Å². The number of hydrogen-bond acceptors (Lipinski definition) is 6. The molecule has 0 spiro atoms. The molecule has 1 heterocycles. The van der Waals surface area contributed by atoms with E-state index in [0.29, 0.717) is 24.4 Å². The molecule has 11 heteroatoms. The van der Waals surface area contributed by atoms with Crippen molar-refractivity contribution >= 4 is 30.3 Å². The van der Waals surface area contributed by atoms with Crippen molar-refractivity contribution in [2.45, 2.75) is 98.4 Å². The van der Waals surface area contributed by atoms with E-state index in [1.807, 2.05) is 64.1 Å². The van der Waals surface area contributed by atoms with Crippen molar-refractivity contribution in [3.05, 3.63) is 95.6 Å². The van der Waals surface area contributed by atoms with Crippen LogP contribution in [0.4, 0.5) is 9.59 Å². The summed E-state index contributed by atoms with van der Waals surface area (Å²) in [6, 6.07) is 14.2. The molecule has 11 nitrogen and oxygen atoms in total. The first-order valence-corrected chi connectivity index (χ1v) is 16.6. The summed E-state index contributed by atoms with van der Waals surface area (Å²) < 4.78 is 10.4. The fourth-order valence-corrected chi connectivity index (χ4v) is 4.19. The first kappa shape index (κ1) is 42.1. The van der Waals surface area contributed by atoms with Gasteiger partial charge in [-0.05, 0) is 76.5 Å². The van der Waals surface area contributed by atoms with Crippen LogP contribution in [-0.2, 0) is 32.2 Å². The number of amides is 4. The Morgan fingerprint density at radius 3 is 2.06 bits per heavy atom. The summed E-state index contributed by atoms with van der Waals surface area (Å²) in [5.74, 6) is 0.185. The summed E-state index contributed by atoms with van der Waals surface area (Å²) in [5, 5.41) is 5.09. The van der Waals surface area contributed by atoms with E-state index < -0.39 is 12.1 Å². The number of benzene rings is 2. The van der Waals surface area contributed by atoms with Gasteiger partial charge in [0.25, 0.3) is 0 Å². The lowest BCUT2D eigenvalue weighted by atomic mass is 10.0. The standard InChI is InChI=1S/C23H28N4O4.C10H19NO2.C5H8/c1-15(2)19-8-6-18(7-9-19)13-31-23(30)27-21(24)20-10-4-17(5-11-20)12-25-22(29)16(3)26-14-28;1-10(2,3)13-9(12)11-7-5-4-6-8-11;1-3-5-4-2/h4-11,14-16H,12-13H2,1-3H3,(H,25,29)(H,26,28)(H2,24,27,30);4-8H2,1-3H3;3-5H,1H2,2H3/b;;5-4-. The number of allylic oxidation sites excluding steroid dienone is 3. The van der Waals surface area contributed by atoms with Crippen molar-refractivity contribution in [2.24, 2.45) is 10.7 Å². The maximum Gasteiger partial charge on any atom is 0.435 e. The van der Waals surface area contributed by atoms with E-state index in [2.05, 4.69) is 36.1 Å². The molecule has 0 aromatic heterocycles. The van der Waals surface area contributed by atoms with E-state index in [-0.39, 0.29) is 30.0 Å². The van der Waals surface area contributed by atoms with Crippen molar-refractivity contribution in [3.8, 4) is 0 Å². The minimum atomic E-state index is -0.765. The van der Waals surface area contributed by atoms with Gasteiger partial charge < -0.3 is 30.7 Å². The van der Waals surface area contributed by atoms with Crippen molar-refractivity contribution in [1.82, 2.24) is 15.5 Å². The number of ether oxygens (including phenoxy) is 2. The van der Waals surface area contributed by atoms with Crippen LogP contribution >= 0.6 is 0 Å². The Morgan fingerprint density at radius 1 is 0.980 bits per heavy atom. The van der Waals surface area contributed by atoms with Crippen molar-refractivity contribution in [2.75, 3.05) is 13.1 Å². The summed E-state index contributed by atoms with van der Waals surface area (Å²) in [6.07, 6.45) is 8.59. The van der Waals surface area contributed by atoms with Gasteiger partial charge in [0.15, 0.2) is 0 Å². The van der Waals surface area contributed by atoms with E-state index in [9.17, 15) is 19.2 Å². The topological polar surface area (TPSA) is 152 Å². The van der Waals surface area contributed by atoms with Gasteiger partial charge in [-0.2, -0.15) is 4.99 Å². The summed E-state index contributed by atoms with van der Waals surface area (Å²) in [5.41, 5.74) is 9.01. The number of aliphatic imine (C=N–C) groups is 1. The zero-order valence-electron chi connectivity index (χ0n) is 30.2. The number of nitrogens with two attached hydrogens (primary N) is 1. The quantitative estimate of drug-likeness (QED) is 0.109. The molecule has 2 aromatic rings. The molecule has 0 bridgehead atoms. The normalized spacial score (nSPS) is 13.6. The number of piperidine rings is 1. The van der Waals surface area contributed by atoms with Gasteiger partial charge in [0.1, 0.15) is 24.1 Å². The molecule has 268 valence electrons. The molecule has 0 aliphatic carbocycles. The molecule has 4 N–H and O–H groups in total. The number of hydrogen-bond donors (Lipinski definition) is 3. The monoisotopic (exact) mass is 677 g/mol. The highest BCUT2D eigenvalue weighted by molar-refractivity contribution is 6.02. The highest BCUT2D eigenvalue weighted by atomic mass is 16.6. The lowest BCUT2D eigenvalue weighted by Gasteiger charge is -2.29. The number of carbonyl (C=O) groups excluding carboxylic acids is 4. The molecule has 1 fully saturated rings. The minimum absolute atomic E-state index is 0.0412. The molecule has 1 unspecified atom stereocenters. The maximum absolute atomic E-state index is 12.0. The number of rotatable bonds is 10. The SMILES string of the molecule is C=C/C=C\C.CC(C)(C)OC(=O)N1CCCCC1.CC(NC=O)C(=O)NCc1ccc(/C(N)=N/C(=O)OCc2ccc(C(C)C)cc2)cc1. The van der Waals surface area contributed by atoms with Crippen LogP contribution in [0.5, 0.6) is 0 Å². The zero-order valence-corrected chi connectivity index (χ0v) is 30.2. The first-order chi connectivity index (χ1) is 23.2. The number of amidine groups is 1. The average Bonchev–Trinajstić information content (AvgIpc) is 3.07. The Labute approximate surface area is 292 Å². The summed E-state index contributed by atoms with van der Waals surface area (Å²) in [7, 11) is 0. The molecule has 3 rings (SSSR count). The third kappa shape index (κ3) is 18.3. The molecular weight excluding hydrogens is 622 g/mol. The maximum atomic E-state index is 12.0. The van der Waals surface area contributed by atoms with Gasteiger partial charge in [-0.15, -0.1) is 0 Å². The van der Waals surface area contributed by atoms with Gasteiger partial charge in [-0.3, -0.25) is 9.59 Å². The highest BCUT2D eigenvalue weighted by Gasteiger charge is 2.23. The lowest BCUT2D eigenvalue weighted by molar-refractivity contribution is -0.125. The van der Waals surface area contributed by atoms with Gasteiger partial charge in [0, 0.05) is 25.2 Å². The molecule has 1 saturated heterocycles. The van der Waals surface area contributed by atoms with Gasteiger partial charge in [0.05, 0.1) is 0 Å². The average molecular weight is 678 g/mol. The van der Waals surface area contributed by atoms with E-state index in [1.54, 1.807) is 42.2 Å². The van der Waals surface area contributed by atoms with Crippen LogP contribution < -0.4 is 16.4 Å². The summed E-state index contributed by atoms with van der Waals surface area (Å²) in [4.78, 5) is 51.2. The minimum Gasteiger partial charge on any atom is -0.444 e. The Morgan fingerprint density at radius 2 is 1.57 bits per heavy atom. The smallest absolute Gasteiger partial charge is 0.435 e. The predicted octanol–water partition coefficient (Wildman–Crippen LogP) is 6.76. The fourth-order valence-electron chi connectivity index (χ4n) is 4.19. The third-order valence-corrected chi connectivity index (χ3v) is 6.98. The second-order valence-corrected chi connectivity index (χ2v) is 12.7. The lowest BCUT2D eigenvalue weighted by Crippen LogP contribution is -2.41. The van der Waals surface area contributed by atoms with Crippen LogP contribution in [0, 0.1) is 0 Å². The molecular formula is C38H55N5O6. The number of nitrogens with one attached hydrogen (secondary N) is 2. The van der Waals surface area contributed by atoms with Crippen molar-refractivity contribution in [1.29, 1.82) is 0 Å². The Balaban J connectivity index is 0.000000546. The van der Waals surface area contributed by atoms with E-state index in [4.69, 9.17) is 15.2 Å². The van der Waals surface area contributed by atoms with Gasteiger partial charge in [-0.1, -0.05) is 87.2 Å². The van der Waals surface area contributed by atoms with E-state index in [0.717, 1.165) is 37.1 Å². The van der Waals surface area contributed by atoms with Crippen LogP contribution in [0.15, 0.2) is 78.3 Å². The Kier molecular flexibility index (Phi) is 19.4. The molecule has 4 amide bonds. The number of nitrogens with zero attached hydrogens (tertiary/aromatic N) is 2. The summed E-state index contributed by atoms with van der Waals surface area (Å²) >= 11 is 0. The fraction of sp³-hybridized carbons (Fsp3) is 0.447. The molecule has 0 saturated carbocycles. The van der Waals surface area contributed by atoms with Gasteiger partial charge in [0.2, 0.25) is 12.3 Å². The van der Waals surface area contributed by atoms with E-state index in [1.165, 1.54) is 12.0 Å². The zero-order chi connectivity index (χ0) is 36.8. The summed E-state index contributed by atoms with van der Waals surface area (Å²) in [6.45, 7) is 19.0. The highest BCUT2D eigenvalue weighted by Crippen LogP contribution is 2.16. The van der Waals surface area contributed by atoms with Crippen molar-refractivity contribution < 1.29 is 28.7 Å². The van der Waals surface area contributed by atoms with Crippen molar-refractivity contribution in [3.63, 3.8) is 0 Å².